The summed E-state index contributed by atoms with van der Waals surface area (Å²) in [6, 6.07) is 0. The van der Waals surface area contributed by atoms with Crippen LogP contribution in [0.1, 0.15) is 284 Å². The summed E-state index contributed by atoms with van der Waals surface area (Å²) in [5.74, 6) is -2.04. The minimum absolute atomic E-state index is 0.174. The van der Waals surface area contributed by atoms with E-state index in [-0.39, 0.29) is 38.6 Å². The van der Waals surface area contributed by atoms with Gasteiger partial charge in [0.2, 0.25) is 0 Å². The monoisotopic (exact) mass is 1390 g/mol. The van der Waals surface area contributed by atoms with Gasteiger partial charge in [-0.3, -0.25) is 9.59 Å². The van der Waals surface area contributed by atoms with Crippen molar-refractivity contribution in [3.05, 3.63) is 219 Å². The summed E-state index contributed by atoms with van der Waals surface area (Å²) < 4.78 is 23.0. The first kappa shape index (κ1) is 94.6. The summed E-state index contributed by atoms with van der Waals surface area (Å²) in [4.78, 5) is 37.8. The molecule has 0 aromatic rings. The van der Waals surface area contributed by atoms with E-state index in [9.17, 15) is 19.5 Å². The second-order valence-electron chi connectivity index (χ2n) is 26.9. The number of quaternary nitrogens is 1. The lowest BCUT2D eigenvalue weighted by Crippen LogP contribution is -2.40. The van der Waals surface area contributed by atoms with Crippen LogP contribution in [0, 0.1) is 0 Å². The molecule has 0 fully saturated rings. The van der Waals surface area contributed by atoms with Crippen LogP contribution in [0.15, 0.2) is 219 Å². The van der Waals surface area contributed by atoms with Crippen molar-refractivity contribution in [3.63, 3.8) is 0 Å². The molecule has 566 valence electrons. The van der Waals surface area contributed by atoms with Gasteiger partial charge in [-0.05, 0) is 154 Å². The Hall–Kier alpha value is -6.39. The molecule has 2 atom stereocenters. The topological polar surface area (TPSA) is 108 Å². The Kier molecular flexibility index (Phi) is 74.3. The molecule has 0 aliphatic heterocycles. The van der Waals surface area contributed by atoms with Crippen LogP contribution < -0.4 is 0 Å². The van der Waals surface area contributed by atoms with E-state index in [0.717, 1.165) is 173 Å². The predicted octanol–water partition coefficient (Wildman–Crippen LogP) is 26.0. The number of carboxylic acid groups (broad SMARTS) is 1. The van der Waals surface area contributed by atoms with Crippen LogP contribution in [0.5, 0.6) is 0 Å². The number of likely N-dealkylation sites (N-methyl/N-ethyl adjacent to an activating group) is 1. The first-order valence-electron chi connectivity index (χ1n) is 39.9. The zero-order valence-corrected chi connectivity index (χ0v) is 64.7. The number of aliphatic carboxylic acids is 1. The highest BCUT2D eigenvalue weighted by atomic mass is 16.7. The van der Waals surface area contributed by atoms with Gasteiger partial charge in [0.15, 0.2) is 6.10 Å². The Labute approximate surface area is 619 Å². The molecule has 0 amide bonds. The number of esters is 2. The van der Waals surface area contributed by atoms with Gasteiger partial charge in [-0.15, -0.1) is 0 Å². The molecule has 9 nitrogen and oxygen atoms in total. The number of nitrogens with zero attached hydrogens (tertiary/aromatic N) is 1. The number of hydrogen-bond donors (Lipinski definition) is 1. The molecule has 0 aliphatic carbocycles. The Morgan fingerprint density at radius 3 is 0.792 bits per heavy atom. The Morgan fingerprint density at radius 1 is 0.297 bits per heavy atom. The number of hydrogen-bond acceptors (Lipinski definition) is 7. The van der Waals surface area contributed by atoms with Crippen LogP contribution in [0.4, 0.5) is 0 Å². The lowest BCUT2D eigenvalue weighted by atomic mass is 10.0. The normalized spacial score (nSPS) is 13.9. The van der Waals surface area contributed by atoms with E-state index in [1.807, 2.05) is 21.1 Å². The molecule has 0 saturated carbocycles. The van der Waals surface area contributed by atoms with E-state index in [2.05, 4.69) is 233 Å². The number of rotatable bonds is 71. The van der Waals surface area contributed by atoms with E-state index in [0.29, 0.717) is 17.4 Å². The molecule has 0 spiro atoms. The van der Waals surface area contributed by atoms with E-state index in [4.69, 9.17) is 18.9 Å². The number of carbonyl (C=O) groups excluding carboxylic acids is 2. The average molecular weight is 1390 g/mol. The van der Waals surface area contributed by atoms with E-state index < -0.39 is 24.3 Å². The van der Waals surface area contributed by atoms with Crippen molar-refractivity contribution in [2.24, 2.45) is 0 Å². The van der Waals surface area contributed by atoms with Crippen molar-refractivity contribution >= 4 is 17.9 Å². The molecule has 0 radical (unpaired) electrons. The largest absolute Gasteiger partial charge is 0.477 e. The summed E-state index contributed by atoms with van der Waals surface area (Å²) in [6.07, 6.45) is 122. The number of ether oxygens (including phenoxy) is 4. The van der Waals surface area contributed by atoms with Gasteiger partial charge in [0, 0.05) is 12.8 Å². The summed E-state index contributed by atoms with van der Waals surface area (Å²) in [7, 11) is 5.96. The van der Waals surface area contributed by atoms with Gasteiger partial charge in [-0.2, -0.15) is 0 Å². The van der Waals surface area contributed by atoms with Crippen LogP contribution in [-0.4, -0.2) is 87.4 Å². The fourth-order valence-corrected chi connectivity index (χ4v) is 10.2. The van der Waals surface area contributed by atoms with Crippen LogP contribution in [-0.2, 0) is 33.3 Å². The third kappa shape index (κ3) is 80.8. The third-order valence-electron chi connectivity index (χ3n) is 16.2. The Bertz CT molecular complexity index is 2470. The van der Waals surface area contributed by atoms with Crippen LogP contribution in [0.25, 0.3) is 0 Å². The van der Waals surface area contributed by atoms with Crippen molar-refractivity contribution in [3.8, 4) is 0 Å². The molecule has 0 bridgehead atoms. The zero-order chi connectivity index (χ0) is 73.2. The quantitative estimate of drug-likeness (QED) is 0.0211. The highest BCUT2D eigenvalue weighted by Gasteiger charge is 2.25. The number of allylic oxidation sites excluding steroid dienone is 36. The van der Waals surface area contributed by atoms with Crippen molar-refractivity contribution in [2.75, 3.05) is 47.5 Å². The number of carbonyl (C=O) groups is 3. The molecule has 1 N–H and O–H groups in total. The summed E-state index contributed by atoms with van der Waals surface area (Å²) in [5.41, 5.74) is 0. The molecule has 0 aliphatic rings. The molecule has 0 rings (SSSR count). The minimum atomic E-state index is -1.53. The summed E-state index contributed by atoms with van der Waals surface area (Å²) in [6.45, 7) is 4.62. The van der Waals surface area contributed by atoms with Crippen molar-refractivity contribution in [1.29, 1.82) is 0 Å². The summed E-state index contributed by atoms with van der Waals surface area (Å²) in [5, 5.41) is 9.78. The molecule has 101 heavy (non-hydrogen) atoms. The number of carboxylic acids is 1. The molecule has 0 heterocycles. The van der Waals surface area contributed by atoms with Crippen molar-refractivity contribution in [1.82, 2.24) is 0 Å². The molecule has 0 saturated heterocycles. The predicted molar refractivity (Wildman–Crippen MR) is 437 cm³/mol. The van der Waals surface area contributed by atoms with Gasteiger partial charge in [-0.25, -0.2) is 4.79 Å². The van der Waals surface area contributed by atoms with E-state index in [1.165, 1.54) is 77.0 Å². The van der Waals surface area contributed by atoms with Crippen LogP contribution >= 0.6 is 0 Å². The van der Waals surface area contributed by atoms with Gasteiger partial charge in [0.1, 0.15) is 13.2 Å². The third-order valence-corrected chi connectivity index (χ3v) is 16.2. The van der Waals surface area contributed by atoms with Gasteiger partial charge >= 0.3 is 17.9 Å². The first-order valence-corrected chi connectivity index (χ1v) is 39.9. The van der Waals surface area contributed by atoms with Crippen LogP contribution in [0.3, 0.4) is 0 Å². The molecular weight excluding hydrogens is 1250 g/mol. The maximum Gasteiger partial charge on any atom is 0.361 e. The number of unbranched alkanes of at least 4 members (excludes halogenated alkanes) is 20. The SMILES string of the molecule is CC/C=C\C/C=C\C/C=C\C/C=C\C/C=C\C/C=C\C/C=C\C/C=C\C/C=C\C/C=C\CCCCCCCCC(=O)OC(COC(=O)CCCCCCCCCCCCCCCC/C=C\C/C=C\C/C=C\C/C=C\C/C=C\C/C=C\C/C=C\C/C=C\CC)COC(OCC[N+](C)(C)C)C(=O)O. The van der Waals surface area contributed by atoms with Crippen LogP contribution in [0.2, 0.25) is 0 Å². The summed E-state index contributed by atoms with van der Waals surface area (Å²) >= 11 is 0. The fraction of sp³-hybridized carbons (Fsp3) is 0.576. The second kappa shape index (κ2) is 79.3. The van der Waals surface area contributed by atoms with E-state index >= 15 is 0 Å². The lowest BCUT2D eigenvalue weighted by molar-refractivity contribution is -0.870. The smallest absolute Gasteiger partial charge is 0.361 e. The maximum absolute atomic E-state index is 13.0. The van der Waals surface area contributed by atoms with Crippen molar-refractivity contribution in [2.45, 2.75) is 296 Å². The fourth-order valence-electron chi connectivity index (χ4n) is 10.2. The highest BCUT2D eigenvalue weighted by Crippen LogP contribution is 2.16. The Balaban J connectivity index is 4.16. The second-order valence-corrected chi connectivity index (χ2v) is 26.9. The van der Waals surface area contributed by atoms with Gasteiger partial charge in [0.25, 0.3) is 6.29 Å². The average Bonchev–Trinajstić information content (AvgIpc) is 1.25. The first-order chi connectivity index (χ1) is 49.6. The lowest BCUT2D eigenvalue weighted by Gasteiger charge is -2.25. The zero-order valence-electron chi connectivity index (χ0n) is 64.7. The maximum atomic E-state index is 13.0. The molecule has 9 heteroatoms. The molecule has 0 aromatic heterocycles. The van der Waals surface area contributed by atoms with Crippen molar-refractivity contribution < 1.29 is 42.9 Å². The Morgan fingerprint density at radius 2 is 0.535 bits per heavy atom. The highest BCUT2D eigenvalue weighted by molar-refractivity contribution is 5.71. The van der Waals surface area contributed by atoms with E-state index in [1.54, 1.807) is 0 Å². The van der Waals surface area contributed by atoms with Gasteiger partial charge in [0.05, 0.1) is 34.4 Å². The molecule has 2 unspecified atom stereocenters. The molecular formula is C92H146NO8+. The van der Waals surface area contributed by atoms with Gasteiger partial charge < -0.3 is 28.5 Å². The van der Waals surface area contributed by atoms with Gasteiger partial charge in [-0.1, -0.05) is 335 Å². The minimum Gasteiger partial charge on any atom is -0.477 e. The standard InChI is InChI=1S/C92H145NO8/c1-6-8-10-12-14-16-18-20-22-24-26-28-30-32-34-36-38-40-42-44-45-47-48-50-52-54-56-58-60-62-64-66-68-70-72-74-76-78-80-82-89(94)99-86-88(87-100-92(91(96)97)98-85-84-93(3,4)5)101-90(95)83-81-79-77-75-73-71-69-67-65-63-61-59-57-55-53-51-49-46-43-41-39-37-35-33-31-29-27-25-23-21-19-17-15-13-11-9-7-2/h8-11,14-17,20-23,26-29,32-35,38-41,44-46,48-50,53,55,59,61,65,67,88,92H,6-7,12-13,18-19,24-25,30-31,36-37,42-43,47,51-52,54,56-58,60,62-64,66,68-87H2,1-5H3/p+1/b10-8-,11-9-,16-14-,17-15-,22-20-,23-21-,28-26-,29-27-,34-32-,35-33-,40-38-,41-39-,45-44-,49-46-,50-48-,55-53-,61-59-,67-65-. The molecule has 0 aromatic carbocycles.